The predicted octanol–water partition coefficient (Wildman–Crippen LogP) is 3.13. The van der Waals surface area contributed by atoms with Gasteiger partial charge in [0.2, 0.25) is 11.7 Å². The van der Waals surface area contributed by atoms with Crippen LogP contribution in [0.1, 0.15) is 24.7 Å². The normalized spacial score (nSPS) is 16.6. The number of aromatic nitrogens is 4. The molecule has 4 rings (SSSR count). The number of rotatable bonds is 6. The molecule has 1 saturated heterocycles. The van der Waals surface area contributed by atoms with E-state index in [9.17, 15) is 9.18 Å². The molecule has 0 aliphatic carbocycles. The highest BCUT2D eigenvalue weighted by Crippen LogP contribution is 2.28. The maximum Gasteiger partial charge on any atom is 0.321 e. The Balaban J connectivity index is 1.38. The zero-order valence-corrected chi connectivity index (χ0v) is 16.6. The second-order valence-corrected chi connectivity index (χ2v) is 7.17. The molecule has 1 N–H and O–H groups in total. The molecule has 0 bridgehead atoms. The average Bonchev–Trinajstić information content (AvgIpc) is 3.42. The first-order valence-corrected chi connectivity index (χ1v) is 9.79. The molecule has 1 atom stereocenters. The fourth-order valence-electron chi connectivity index (χ4n) is 3.45. The SMILES string of the molecule is COCCn1cc(NC(=O)N2CCC[C@H](c3nc(-c4cccc(F)c4)no3)C2)cn1. The van der Waals surface area contributed by atoms with Crippen molar-refractivity contribution in [3.05, 3.63) is 48.4 Å². The lowest BCUT2D eigenvalue weighted by Crippen LogP contribution is -2.41. The minimum absolute atomic E-state index is 0.0660. The Morgan fingerprint density at radius 3 is 3.17 bits per heavy atom. The Bertz CT molecular complexity index is 1000. The third-order valence-electron chi connectivity index (χ3n) is 4.99. The number of likely N-dealkylation sites (tertiary alicyclic amines) is 1. The molecule has 0 spiro atoms. The van der Waals surface area contributed by atoms with Gasteiger partial charge in [0.1, 0.15) is 5.82 Å². The smallest absolute Gasteiger partial charge is 0.321 e. The molecule has 2 amide bonds. The van der Waals surface area contributed by atoms with Gasteiger partial charge in [-0.3, -0.25) is 4.68 Å². The molecular weight excluding hydrogens is 391 g/mol. The van der Waals surface area contributed by atoms with E-state index >= 15 is 0 Å². The summed E-state index contributed by atoms with van der Waals surface area (Å²) in [6.07, 6.45) is 5.03. The highest BCUT2D eigenvalue weighted by Gasteiger charge is 2.29. The van der Waals surface area contributed by atoms with Crippen LogP contribution in [0.15, 0.2) is 41.2 Å². The first kappa shape index (κ1) is 20.0. The molecule has 9 nitrogen and oxygen atoms in total. The number of methoxy groups -OCH3 is 1. The van der Waals surface area contributed by atoms with Crippen molar-refractivity contribution in [2.24, 2.45) is 0 Å². The summed E-state index contributed by atoms with van der Waals surface area (Å²) < 4.78 is 25.6. The van der Waals surface area contributed by atoms with Crippen LogP contribution in [0.5, 0.6) is 0 Å². The van der Waals surface area contributed by atoms with Crippen LogP contribution in [0, 0.1) is 5.82 Å². The van der Waals surface area contributed by atoms with Crippen LogP contribution in [-0.2, 0) is 11.3 Å². The number of urea groups is 1. The number of nitrogens with zero attached hydrogens (tertiary/aromatic N) is 5. The summed E-state index contributed by atoms with van der Waals surface area (Å²) in [5.74, 6) is 0.377. The van der Waals surface area contributed by atoms with Crippen molar-refractivity contribution in [1.29, 1.82) is 0 Å². The van der Waals surface area contributed by atoms with Gasteiger partial charge >= 0.3 is 6.03 Å². The molecule has 1 aromatic carbocycles. The number of piperidine rings is 1. The molecule has 3 aromatic rings. The van der Waals surface area contributed by atoms with Gasteiger partial charge in [-0.05, 0) is 25.0 Å². The number of carbonyl (C=O) groups excluding carboxylic acids is 1. The van der Waals surface area contributed by atoms with Gasteiger partial charge in [0.15, 0.2) is 0 Å². The van der Waals surface area contributed by atoms with Gasteiger partial charge in [-0.25, -0.2) is 9.18 Å². The van der Waals surface area contributed by atoms with Gasteiger partial charge in [0.05, 0.1) is 31.0 Å². The molecule has 1 fully saturated rings. The number of amides is 2. The number of nitrogens with one attached hydrogen (secondary N) is 1. The summed E-state index contributed by atoms with van der Waals surface area (Å²) in [7, 11) is 1.63. The van der Waals surface area contributed by atoms with Gasteiger partial charge < -0.3 is 19.5 Å². The topological polar surface area (TPSA) is 98.3 Å². The summed E-state index contributed by atoms with van der Waals surface area (Å²) in [4.78, 5) is 18.8. The van der Waals surface area contributed by atoms with Gasteiger partial charge in [0, 0.05) is 32.0 Å². The van der Waals surface area contributed by atoms with Crippen molar-refractivity contribution in [3.63, 3.8) is 0 Å². The second-order valence-electron chi connectivity index (χ2n) is 7.17. The van der Waals surface area contributed by atoms with Crippen LogP contribution in [0.2, 0.25) is 0 Å². The van der Waals surface area contributed by atoms with E-state index in [1.807, 2.05) is 0 Å². The molecule has 0 saturated carbocycles. The number of ether oxygens (including phenoxy) is 1. The quantitative estimate of drug-likeness (QED) is 0.665. The zero-order chi connectivity index (χ0) is 20.9. The lowest BCUT2D eigenvalue weighted by molar-refractivity contribution is 0.183. The molecule has 1 aliphatic heterocycles. The predicted molar refractivity (Wildman–Crippen MR) is 106 cm³/mol. The van der Waals surface area contributed by atoms with Crippen LogP contribution in [0.3, 0.4) is 0 Å². The van der Waals surface area contributed by atoms with Crippen molar-refractivity contribution >= 4 is 11.7 Å². The van der Waals surface area contributed by atoms with E-state index in [-0.39, 0.29) is 17.8 Å². The molecule has 1 aliphatic rings. The second kappa shape index (κ2) is 9.04. The number of hydrogen-bond acceptors (Lipinski definition) is 6. The highest BCUT2D eigenvalue weighted by atomic mass is 19.1. The fraction of sp³-hybridized carbons (Fsp3) is 0.400. The van der Waals surface area contributed by atoms with E-state index in [0.29, 0.717) is 49.2 Å². The summed E-state index contributed by atoms with van der Waals surface area (Å²) in [5, 5.41) is 11.0. The standard InChI is InChI=1S/C20H23FN6O3/c1-29-9-8-27-13-17(11-22-27)23-20(28)26-7-3-5-15(12-26)19-24-18(25-30-19)14-4-2-6-16(21)10-14/h2,4,6,10-11,13,15H,3,5,7-9,12H2,1H3,(H,23,28)/t15-/m0/s1. The zero-order valence-electron chi connectivity index (χ0n) is 16.6. The molecule has 158 valence electrons. The van der Waals surface area contributed by atoms with E-state index in [4.69, 9.17) is 9.26 Å². The van der Waals surface area contributed by atoms with Crippen LogP contribution < -0.4 is 5.32 Å². The molecule has 0 radical (unpaired) electrons. The van der Waals surface area contributed by atoms with Crippen LogP contribution in [0.25, 0.3) is 11.4 Å². The van der Waals surface area contributed by atoms with E-state index in [1.54, 1.807) is 41.2 Å². The number of hydrogen-bond donors (Lipinski definition) is 1. The van der Waals surface area contributed by atoms with Crippen LogP contribution in [0.4, 0.5) is 14.9 Å². The summed E-state index contributed by atoms with van der Waals surface area (Å²) in [6.45, 7) is 2.27. The number of benzene rings is 1. The lowest BCUT2D eigenvalue weighted by atomic mass is 9.98. The van der Waals surface area contributed by atoms with Gasteiger partial charge in [-0.1, -0.05) is 17.3 Å². The third kappa shape index (κ3) is 4.65. The minimum atomic E-state index is -0.357. The van der Waals surface area contributed by atoms with E-state index < -0.39 is 0 Å². The average molecular weight is 414 g/mol. The Kier molecular flexibility index (Phi) is 6.03. The molecular formula is C20H23FN6O3. The summed E-state index contributed by atoms with van der Waals surface area (Å²) in [5.41, 5.74) is 1.19. The van der Waals surface area contributed by atoms with E-state index in [1.165, 1.54) is 12.1 Å². The fourth-order valence-corrected chi connectivity index (χ4v) is 3.45. The lowest BCUT2D eigenvalue weighted by Gasteiger charge is -2.30. The van der Waals surface area contributed by atoms with Gasteiger partial charge in [-0.2, -0.15) is 10.1 Å². The van der Waals surface area contributed by atoms with Crippen molar-refractivity contribution in [2.75, 3.05) is 32.1 Å². The monoisotopic (exact) mass is 414 g/mol. The Morgan fingerprint density at radius 2 is 2.33 bits per heavy atom. The minimum Gasteiger partial charge on any atom is -0.383 e. The molecule has 2 aromatic heterocycles. The first-order chi connectivity index (χ1) is 14.6. The molecule has 10 heteroatoms. The third-order valence-corrected chi connectivity index (χ3v) is 4.99. The largest absolute Gasteiger partial charge is 0.383 e. The Morgan fingerprint density at radius 1 is 1.43 bits per heavy atom. The van der Waals surface area contributed by atoms with Crippen molar-refractivity contribution in [3.8, 4) is 11.4 Å². The van der Waals surface area contributed by atoms with Crippen molar-refractivity contribution in [2.45, 2.75) is 25.3 Å². The van der Waals surface area contributed by atoms with Crippen molar-refractivity contribution in [1.82, 2.24) is 24.8 Å². The Hall–Kier alpha value is -3.27. The van der Waals surface area contributed by atoms with Crippen LogP contribution >= 0.6 is 0 Å². The van der Waals surface area contributed by atoms with E-state index in [2.05, 4.69) is 20.6 Å². The molecule has 30 heavy (non-hydrogen) atoms. The maximum absolute atomic E-state index is 13.4. The summed E-state index contributed by atoms with van der Waals surface area (Å²) in [6, 6.07) is 5.86. The van der Waals surface area contributed by atoms with Gasteiger partial charge in [0.25, 0.3) is 0 Å². The number of anilines is 1. The van der Waals surface area contributed by atoms with E-state index in [0.717, 1.165) is 12.8 Å². The maximum atomic E-state index is 13.4. The van der Waals surface area contributed by atoms with Crippen molar-refractivity contribution < 1.29 is 18.4 Å². The highest BCUT2D eigenvalue weighted by molar-refractivity contribution is 5.89. The molecule has 0 unspecified atom stereocenters. The Labute approximate surface area is 172 Å². The number of carbonyl (C=O) groups is 1. The van der Waals surface area contributed by atoms with Crippen LogP contribution in [-0.4, -0.2) is 57.7 Å². The van der Waals surface area contributed by atoms with Gasteiger partial charge in [-0.15, -0.1) is 0 Å². The molecule has 3 heterocycles. The first-order valence-electron chi connectivity index (χ1n) is 9.79. The number of halogens is 1. The summed E-state index contributed by atoms with van der Waals surface area (Å²) >= 11 is 0.